The van der Waals surface area contributed by atoms with Crippen LogP contribution in [-0.2, 0) is 16.1 Å². The summed E-state index contributed by atoms with van der Waals surface area (Å²) in [4.78, 5) is 26.7. The van der Waals surface area contributed by atoms with Crippen LogP contribution in [0.1, 0.15) is 15.2 Å². The van der Waals surface area contributed by atoms with Crippen molar-refractivity contribution in [1.29, 1.82) is 0 Å². The Morgan fingerprint density at radius 3 is 2.66 bits per heavy atom. The smallest absolute Gasteiger partial charge is 0.341 e. The van der Waals surface area contributed by atoms with E-state index in [0.29, 0.717) is 22.3 Å². The molecule has 0 unspecified atom stereocenters. The summed E-state index contributed by atoms with van der Waals surface area (Å²) in [5.74, 6) is 0.0866. The Balaban J connectivity index is 1.38. The normalized spacial score (nSPS) is 11.0. The number of allylic oxidation sites excluding steroid dienone is 1. The number of carbonyl (C=O) groups excluding carboxylic acids is 2. The number of aromatic nitrogens is 3. The maximum Gasteiger partial charge on any atom is 0.341 e. The van der Waals surface area contributed by atoms with Gasteiger partial charge in [0.2, 0.25) is 5.91 Å². The highest BCUT2D eigenvalue weighted by Gasteiger charge is 2.25. The zero-order valence-corrected chi connectivity index (χ0v) is 23.2. The molecular weight excluding hydrogens is 537 g/mol. The summed E-state index contributed by atoms with van der Waals surface area (Å²) in [6, 6.07) is 17.8. The second kappa shape index (κ2) is 11.3. The highest BCUT2D eigenvalue weighted by Crippen LogP contribution is 2.40. The van der Waals surface area contributed by atoms with Crippen molar-refractivity contribution >= 4 is 61.4 Å². The van der Waals surface area contributed by atoms with Crippen molar-refractivity contribution in [3.8, 4) is 22.5 Å². The quantitative estimate of drug-likeness (QED) is 0.120. The van der Waals surface area contributed by atoms with Crippen LogP contribution < -0.4 is 5.32 Å². The molecule has 1 amide bonds. The molecular formula is C28H24N4O3S3. The third kappa shape index (κ3) is 5.02. The van der Waals surface area contributed by atoms with Gasteiger partial charge in [0.1, 0.15) is 10.6 Å². The fraction of sp³-hybridized carbons (Fsp3) is 0.143. The number of aryl methyl sites for hydroxylation is 1. The predicted molar refractivity (Wildman–Crippen MR) is 156 cm³/mol. The van der Waals surface area contributed by atoms with Gasteiger partial charge in [0, 0.05) is 38.0 Å². The van der Waals surface area contributed by atoms with Gasteiger partial charge in [-0.1, -0.05) is 66.4 Å². The number of amides is 1. The first-order valence-electron chi connectivity index (χ1n) is 11.7. The molecule has 0 saturated carbocycles. The lowest BCUT2D eigenvalue weighted by molar-refractivity contribution is -0.113. The first-order chi connectivity index (χ1) is 18.5. The number of hydrogen-bond donors (Lipinski definition) is 1. The third-order valence-electron chi connectivity index (χ3n) is 5.87. The summed E-state index contributed by atoms with van der Waals surface area (Å²) in [5, 5.41) is 16.0. The number of nitrogens with one attached hydrogen (secondary N) is 1. The molecule has 1 N–H and O–H groups in total. The monoisotopic (exact) mass is 560 g/mol. The number of thioether (sulfide) groups is 1. The van der Waals surface area contributed by atoms with Crippen molar-refractivity contribution in [3.05, 3.63) is 83.1 Å². The van der Waals surface area contributed by atoms with Crippen molar-refractivity contribution in [2.75, 3.05) is 18.2 Å². The second-order valence-corrected chi connectivity index (χ2v) is 11.4. The minimum absolute atomic E-state index is 0.0951. The molecule has 0 fully saturated rings. The summed E-state index contributed by atoms with van der Waals surface area (Å²) in [6.45, 7) is 6.31. The molecule has 2 aromatic carbocycles. The molecule has 3 heterocycles. The Bertz CT molecular complexity index is 1640. The summed E-state index contributed by atoms with van der Waals surface area (Å²) in [6.07, 6.45) is 1.79. The molecule has 5 aromatic rings. The zero-order chi connectivity index (χ0) is 26.6. The third-order valence-corrected chi connectivity index (χ3v) is 8.82. The minimum Gasteiger partial charge on any atom is -0.465 e. The number of methoxy groups -OCH3 is 1. The Kier molecular flexibility index (Phi) is 7.73. The number of anilines is 1. The van der Waals surface area contributed by atoms with Gasteiger partial charge >= 0.3 is 5.97 Å². The van der Waals surface area contributed by atoms with E-state index in [1.807, 2.05) is 54.0 Å². The SMILES string of the molecule is C=CCn1c(SCC(=O)Nc2sc(C)c(-c3ccccc3)c2C(=O)OC)nnc1-c1csc2ccccc12. The summed E-state index contributed by atoms with van der Waals surface area (Å²) >= 11 is 4.30. The van der Waals surface area contributed by atoms with Gasteiger partial charge < -0.3 is 10.1 Å². The van der Waals surface area contributed by atoms with Crippen LogP contribution in [0.25, 0.3) is 32.6 Å². The number of nitrogens with zero attached hydrogens (tertiary/aromatic N) is 3. The average Bonchev–Trinajstić information content (AvgIpc) is 3.62. The van der Waals surface area contributed by atoms with E-state index in [1.165, 1.54) is 34.9 Å². The number of thiophene rings is 2. The van der Waals surface area contributed by atoms with Gasteiger partial charge in [-0.3, -0.25) is 9.36 Å². The maximum atomic E-state index is 13.0. The molecule has 5 rings (SSSR count). The number of fused-ring (bicyclic) bond motifs is 1. The Labute approximate surface area is 232 Å². The molecule has 10 heteroatoms. The van der Waals surface area contributed by atoms with Crippen LogP contribution in [0.5, 0.6) is 0 Å². The van der Waals surface area contributed by atoms with Crippen LogP contribution >= 0.6 is 34.4 Å². The average molecular weight is 561 g/mol. The first-order valence-corrected chi connectivity index (χ1v) is 14.4. The standard InChI is InChI=1S/C28H24N4O3S3/c1-4-14-32-25(20-15-36-21-13-9-8-12-19(20)21)30-31-28(32)37-16-22(33)29-26-24(27(34)35-3)23(17(2)38-26)18-10-6-5-7-11-18/h4-13,15H,1,14,16H2,2-3H3,(H,29,33). The van der Waals surface area contributed by atoms with Gasteiger partial charge in [-0.15, -0.1) is 39.4 Å². The van der Waals surface area contributed by atoms with E-state index in [2.05, 4.69) is 39.6 Å². The highest BCUT2D eigenvalue weighted by atomic mass is 32.2. The first kappa shape index (κ1) is 25.9. The lowest BCUT2D eigenvalue weighted by atomic mass is 10.0. The lowest BCUT2D eigenvalue weighted by Gasteiger charge is -2.09. The van der Waals surface area contributed by atoms with E-state index in [4.69, 9.17) is 4.74 Å². The van der Waals surface area contributed by atoms with E-state index in [1.54, 1.807) is 17.4 Å². The summed E-state index contributed by atoms with van der Waals surface area (Å²) < 4.78 is 8.19. The summed E-state index contributed by atoms with van der Waals surface area (Å²) in [5.41, 5.74) is 3.02. The zero-order valence-electron chi connectivity index (χ0n) is 20.8. The highest BCUT2D eigenvalue weighted by molar-refractivity contribution is 7.99. The van der Waals surface area contributed by atoms with Gasteiger partial charge in [0.05, 0.1) is 12.9 Å². The topological polar surface area (TPSA) is 86.1 Å². The number of hydrogen-bond acceptors (Lipinski definition) is 8. The predicted octanol–water partition coefficient (Wildman–Crippen LogP) is 6.90. The molecule has 38 heavy (non-hydrogen) atoms. The Hall–Kier alpha value is -3.73. The fourth-order valence-electron chi connectivity index (χ4n) is 4.21. The Morgan fingerprint density at radius 2 is 1.89 bits per heavy atom. The van der Waals surface area contributed by atoms with Gasteiger partial charge in [-0.05, 0) is 18.6 Å². The molecule has 0 bridgehead atoms. The van der Waals surface area contributed by atoms with Crippen molar-refractivity contribution in [2.24, 2.45) is 0 Å². The van der Waals surface area contributed by atoms with Crippen molar-refractivity contribution in [1.82, 2.24) is 14.8 Å². The molecule has 192 valence electrons. The van der Waals surface area contributed by atoms with E-state index < -0.39 is 5.97 Å². The number of esters is 1. The van der Waals surface area contributed by atoms with Crippen molar-refractivity contribution < 1.29 is 14.3 Å². The van der Waals surface area contributed by atoms with Crippen LogP contribution in [0.4, 0.5) is 5.00 Å². The van der Waals surface area contributed by atoms with E-state index in [9.17, 15) is 9.59 Å². The molecule has 0 atom stereocenters. The molecule has 0 radical (unpaired) electrons. The number of ether oxygens (including phenoxy) is 1. The van der Waals surface area contributed by atoms with Crippen LogP contribution in [0.15, 0.2) is 77.8 Å². The van der Waals surface area contributed by atoms with Crippen LogP contribution in [0, 0.1) is 6.92 Å². The van der Waals surface area contributed by atoms with E-state index in [-0.39, 0.29) is 11.7 Å². The molecule has 0 aliphatic rings. The number of benzene rings is 2. The largest absolute Gasteiger partial charge is 0.465 e. The number of rotatable bonds is 9. The van der Waals surface area contributed by atoms with E-state index >= 15 is 0 Å². The molecule has 3 aromatic heterocycles. The number of carbonyl (C=O) groups is 2. The lowest BCUT2D eigenvalue weighted by Crippen LogP contribution is -2.16. The van der Waals surface area contributed by atoms with Gasteiger partial charge in [0.15, 0.2) is 11.0 Å². The molecule has 0 saturated heterocycles. The molecule has 0 aliphatic carbocycles. The van der Waals surface area contributed by atoms with Gasteiger partial charge in [-0.2, -0.15) is 0 Å². The summed E-state index contributed by atoms with van der Waals surface area (Å²) in [7, 11) is 1.34. The van der Waals surface area contributed by atoms with Crippen LogP contribution in [0.2, 0.25) is 0 Å². The van der Waals surface area contributed by atoms with Crippen LogP contribution in [0.3, 0.4) is 0 Å². The fourth-order valence-corrected chi connectivity index (χ4v) is 6.98. The van der Waals surface area contributed by atoms with E-state index in [0.717, 1.165) is 32.8 Å². The minimum atomic E-state index is -0.491. The van der Waals surface area contributed by atoms with Gasteiger partial charge in [-0.25, -0.2) is 4.79 Å². The molecule has 7 nitrogen and oxygen atoms in total. The molecule has 0 aliphatic heterocycles. The maximum absolute atomic E-state index is 13.0. The Morgan fingerprint density at radius 1 is 1.13 bits per heavy atom. The van der Waals surface area contributed by atoms with Gasteiger partial charge in [0.25, 0.3) is 0 Å². The molecule has 0 spiro atoms. The second-order valence-electron chi connectivity index (χ2n) is 8.28. The van der Waals surface area contributed by atoms with Crippen molar-refractivity contribution in [2.45, 2.75) is 18.6 Å². The van der Waals surface area contributed by atoms with Crippen molar-refractivity contribution in [3.63, 3.8) is 0 Å². The van der Waals surface area contributed by atoms with Crippen LogP contribution in [-0.4, -0.2) is 39.5 Å².